The fourth-order valence-electron chi connectivity index (χ4n) is 4.77. The van der Waals surface area contributed by atoms with Gasteiger partial charge in [-0.05, 0) is 50.9 Å². The summed E-state index contributed by atoms with van der Waals surface area (Å²) >= 11 is 0. The number of anilines is 1. The van der Waals surface area contributed by atoms with Gasteiger partial charge in [0.1, 0.15) is 5.82 Å². The van der Waals surface area contributed by atoms with Crippen LogP contribution in [0.15, 0.2) is 36.4 Å². The van der Waals surface area contributed by atoms with Crippen molar-refractivity contribution in [2.75, 3.05) is 57.4 Å². The van der Waals surface area contributed by atoms with Crippen molar-refractivity contribution in [3.8, 4) is 11.4 Å². The first kappa shape index (κ1) is 22.7. The number of nitrogens with zero attached hydrogens (tertiary/aromatic N) is 6. The Morgan fingerprint density at radius 2 is 1.91 bits per heavy atom. The molecule has 0 atom stereocenters. The molecule has 0 spiro atoms. The molecule has 9 nitrogen and oxygen atoms in total. The van der Waals surface area contributed by atoms with Crippen LogP contribution in [0.4, 0.5) is 5.82 Å². The number of ether oxygens (including phenoxy) is 1. The van der Waals surface area contributed by atoms with E-state index in [-0.39, 0.29) is 11.8 Å². The summed E-state index contributed by atoms with van der Waals surface area (Å²) in [5.41, 5.74) is 2.90. The molecule has 2 fully saturated rings. The number of piperidine rings is 1. The molecule has 5 rings (SSSR count). The fourth-order valence-corrected chi connectivity index (χ4v) is 4.77. The van der Waals surface area contributed by atoms with Crippen molar-refractivity contribution < 1.29 is 9.53 Å². The molecule has 1 amide bonds. The third-order valence-electron chi connectivity index (χ3n) is 6.77. The highest BCUT2D eigenvalue weighted by molar-refractivity contribution is 5.79. The molecule has 1 N–H and O–H groups in total. The number of carbonyl (C=O) groups excluding carboxylic acids is 1. The smallest absolute Gasteiger partial charge is 0.223 e. The molecule has 2 aliphatic heterocycles. The first-order chi connectivity index (χ1) is 16.7. The molecule has 0 radical (unpaired) electrons. The molecular formula is C25H33N7O2. The largest absolute Gasteiger partial charge is 0.379 e. The van der Waals surface area contributed by atoms with Crippen molar-refractivity contribution >= 4 is 17.4 Å². The van der Waals surface area contributed by atoms with Gasteiger partial charge in [0.05, 0.1) is 13.2 Å². The van der Waals surface area contributed by atoms with Crippen LogP contribution in [0.2, 0.25) is 0 Å². The Hall–Kier alpha value is -3.04. The Balaban J connectivity index is 1.15. The molecule has 0 aliphatic carbocycles. The molecule has 2 aliphatic rings. The van der Waals surface area contributed by atoms with Crippen LogP contribution in [-0.2, 0) is 9.53 Å². The van der Waals surface area contributed by atoms with Gasteiger partial charge in [0.2, 0.25) is 5.91 Å². The zero-order chi connectivity index (χ0) is 23.3. The van der Waals surface area contributed by atoms with Crippen molar-refractivity contribution in [1.29, 1.82) is 0 Å². The number of carbonyl (C=O) groups is 1. The third-order valence-corrected chi connectivity index (χ3v) is 6.77. The summed E-state index contributed by atoms with van der Waals surface area (Å²) in [7, 11) is 0. The molecule has 0 bridgehead atoms. The van der Waals surface area contributed by atoms with E-state index in [1.165, 1.54) is 5.56 Å². The number of rotatable bonds is 7. The quantitative estimate of drug-likeness (QED) is 0.537. The Labute approximate surface area is 200 Å². The number of morpholine rings is 1. The Kier molecular flexibility index (Phi) is 7.01. The lowest BCUT2D eigenvalue weighted by Gasteiger charge is -2.32. The van der Waals surface area contributed by atoms with Gasteiger partial charge in [-0.2, -0.15) is 4.52 Å². The lowest BCUT2D eigenvalue weighted by molar-refractivity contribution is -0.125. The zero-order valence-electron chi connectivity index (χ0n) is 19.8. The van der Waals surface area contributed by atoms with Gasteiger partial charge in [-0.25, -0.2) is 0 Å². The zero-order valence-corrected chi connectivity index (χ0v) is 19.8. The van der Waals surface area contributed by atoms with Gasteiger partial charge in [-0.1, -0.05) is 23.8 Å². The van der Waals surface area contributed by atoms with Crippen LogP contribution in [0.3, 0.4) is 0 Å². The minimum Gasteiger partial charge on any atom is -0.379 e. The van der Waals surface area contributed by atoms with Gasteiger partial charge in [-0.3, -0.25) is 9.69 Å². The maximum absolute atomic E-state index is 12.7. The van der Waals surface area contributed by atoms with Crippen molar-refractivity contribution in [2.45, 2.75) is 26.2 Å². The summed E-state index contributed by atoms with van der Waals surface area (Å²) in [6, 6.07) is 12.2. The molecule has 34 heavy (non-hydrogen) atoms. The SMILES string of the molecule is Cc1cccc(-c2nnc3ccc(N4CCC(C(=O)NCCCN5CCOCC5)CC4)nn23)c1. The van der Waals surface area contributed by atoms with Crippen LogP contribution in [0, 0.1) is 12.8 Å². The molecule has 1 aromatic carbocycles. The minimum atomic E-state index is 0.0705. The number of aromatic nitrogens is 4. The van der Waals surface area contributed by atoms with Crippen molar-refractivity contribution in [1.82, 2.24) is 30.0 Å². The van der Waals surface area contributed by atoms with Gasteiger partial charge in [0.15, 0.2) is 11.5 Å². The number of benzene rings is 1. The van der Waals surface area contributed by atoms with Crippen molar-refractivity contribution in [3.63, 3.8) is 0 Å². The summed E-state index contributed by atoms with van der Waals surface area (Å²) < 4.78 is 7.20. The number of aryl methyl sites for hydroxylation is 1. The van der Waals surface area contributed by atoms with Crippen LogP contribution in [0.25, 0.3) is 17.0 Å². The van der Waals surface area contributed by atoms with Crippen LogP contribution in [0.5, 0.6) is 0 Å². The molecule has 180 valence electrons. The predicted octanol–water partition coefficient (Wildman–Crippen LogP) is 2.15. The summed E-state index contributed by atoms with van der Waals surface area (Å²) in [6.45, 7) is 9.07. The van der Waals surface area contributed by atoms with Crippen molar-refractivity contribution in [3.05, 3.63) is 42.0 Å². The number of fused-ring (bicyclic) bond motifs is 1. The van der Waals surface area contributed by atoms with E-state index in [0.29, 0.717) is 0 Å². The summed E-state index contributed by atoms with van der Waals surface area (Å²) in [4.78, 5) is 17.3. The number of hydrogen-bond acceptors (Lipinski definition) is 7. The standard InChI is InChI=1S/C25H33N7O2/c1-19-4-2-5-21(18-19)24-28-27-22-6-7-23(29-32(22)24)31-12-8-20(9-13-31)25(33)26-10-3-11-30-14-16-34-17-15-30/h2,4-7,18,20H,3,8-17H2,1H3,(H,26,33). The van der Waals surface area contributed by atoms with E-state index in [1.54, 1.807) is 0 Å². The molecule has 0 saturated carbocycles. The average Bonchev–Trinajstić information content (AvgIpc) is 3.31. The second-order valence-corrected chi connectivity index (χ2v) is 9.21. The average molecular weight is 464 g/mol. The number of amides is 1. The summed E-state index contributed by atoms with van der Waals surface area (Å²) in [6.07, 6.45) is 2.65. The Morgan fingerprint density at radius 3 is 2.71 bits per heavy atom. The van der Waals surface area contributed by atoms with Gasteiger partial charge < -0.3 is 15.0 Å². The molecule has 4 heterocycles. The Morgan fingerprint density at radius 1 is 1.09 bits per heavy atom. The lowest BCUT2D eigenvalue weighted by Crippen LogP contribution is -2.42. The molecule has 2 aromatic heterocycles. The van der Waals surface area contributed by atoms with Gasteiger partial charge in [-0.15, -0.1) is 15.3 Å². The number of nitrogens with one attached hydrogen (secondary N) is 1. The maximum atomic E-state index is 12.7. The third kappa shape index (κ3) is 5.20. The molecule has 2 saturated heterocycles. The molecule has 0 unspecified atom stereocenters. The second kappa shape index (κ2) is 10.5. The van der Waals surface area contributed by atoms with E-state index in [1.807, 2.05) is 28.8 Å². The van der Waals surface area contributed by atoms with Crippen LogP contribution in [-0.4, -0.2) is 83.1 Å². The van der Waals surface area contributed by atoms with Crippen LogP contribution in [0.1, 0.15) is 24.8 Å². The monoisotopic (exact) mass is 463 g/mol. The van der Waals surface area contributed by atoms with E-state index in [0.717, 1.165) is 94.6 Å². The van der Waals surface area contributed by atoms with E-state index >= 15 is 0 Å². The lowest BCUT2D eigenvalue weighted by atomic mass is 9.96. The van der Waals surface area contributed by atoms with Crippen LogP contribution >= 0.6 is 0 Å². The summed E-state index contributed by atoms with van der Waals surface area (Å²) in [5, 5.41) is 16.6. The molecule has 3 aromatic rings. The van der Waals surface area contributed by atoms with E-state index in [9.17, 15) is 4.79 Å². The highest BCUT2D eigenvalue weighted by Gasteiger charge is 2.26. The van der Waals surface area contributed by atoms with Gasteiger partial charge >= 0.3 is 0 Å². The highest BCUT2D eigenvalue weighted by Crippen LogP contribution is 2.24. The van der Waals surface area contributed by atoms with E-state index in [2.05, 4.69) is 44.4 Å². The Bertz CT molecular complexity index is 1120. The first-order valence-electron chi connectivity index (χ1n) is 12.3. The van der Waals surface area contributed by atoms with Gasteiger partial charge in [0.25, 0.3) is 0 Å². The topological polar surface area (TPSA) is 87.9 Å². The minimum absolute atomic E-state index is 0.0705. The second-order valence-electron chi connectivity index (χ2n) is 9.21. The molecule has 9 heteroatoms. The van der Waals surface area contributed by atoms with Crippen molar-refractivity contribution in [2.24, 2.45) is 5.92 Å². The maximum Gasteiger partial charge on any atom is 0.223 e. The summed E-state index contributed by atoms with van der Waals surface area (Å²) in [5.74, 6) is 1.89. The van der Waals surface area contributed by atoms with E-state index in [4.69, 9.17) is 9.84 Å². The first-order valence-corrected chi connectivity index (χ1v) is 12.3. The normalized spacial score (nSPS) is 17.9. The van der Waals surface area contributed by atoms with Gasteiger partial charge in [0, 0.05) is 44.2 Å². The number of hydrogen-bond donors (Lipinski definition) is 1. The van der Waals surface area contributed by atoms with Crippen LogP contribution < -0.4 is 10.2 Å². The molecular weight excluding hydrogens is 430 g/mol. The predicted molar refractivity (Wildman–Crippen MR) is 131 cm³/mol. The van der Waals surface area contributed by atoms with E-state index < -0.39 is 0 Å². The highest BCUT2D eigenvalue weighted by atomic mass is 16.5. The fraction of sp³-hybridized carbons (Fsp3) is 0.520.